The molecule has 0 aromatic carbocycles. The highest BCUT2D eigenvalue weighted by Gasteiger charge is 2.27. The molecule has 1 N–H and O–H groups in total. The molecule has 10 heteroatoms. The average Bonchev–Trinajstić information content (AvgIpc) is 3.04. The zero-order chi connectivity index (χ0) is 17.8. The predicted octanol–water partition coefficient (Wildman–Crippen LogP) is 0.159. The summed E-state index contributed by atoms with van der Waals surface area (Å²) < 4.78 is 7.74. The van der Waals surface area contributed by atoms with E-state index in [2.05, 4.69) is 30.9 Å². The molecule has 9 nitrogen and oxygen atoms in total. The summed E-state index contributed by atoms with van der Waals surface area (Å²) in [5.41, 5.74) is -0.974. The van der Waals surface area contributed by atoms with Gasteiger partial charge >= 0.3 is 11.7 Å². The summed E-state index contributed by atoms with van der Waals surface area (Å²) in [5.74, 6) is -0.0686. The summed E-state index contributed by atoms with van der Waals surface area (Å²) in [6.45, 7) is 1.26. The maximum atomic E-state index is 12.3. The number of hydrogen-bond acceptors (Lipinski definition) is 6. The van der Waals surface area contributed by atoms with Crippen LogP contribution in [-0.4, -0.2) is 49.5 Å². The van der Waals surface area contributed by atoms with Crippen LogP contribution in [0.15, 0.2) is 38.7 Å². The Balaban J connectivity index is 1.51. The smallest absolute Gasteiger partial charge is 0.328 e. The lowest BCUT2D eigenvalue weighted by atomic mass is 10.3. The van der Waals surface area contributed by atoms with Crippen molar-refractivity contribution >= 4 is 21.8 Å². The van der Waals surface area contributed by atoms with E-state index in [1.807, 2.05) is 0 Å². The van der Waals surface area contributed by atoms with Crippen LogP contribution in [0.25, 0.3) is 0 Å². The third kappa shape index (κ3) is 4.53. The molecule has 25 heavy (non-hydrogen) atoms. The number of amides is 1. The largest absolute Gasteiger partial charge is 0.458 e. The van der Waals surface area contributed by atoms with Gasteiger partial charge in [0.15, 0.2) is 0 Å². The number of nitrogens with one attached hydrogen (secondary N) is 1. The Bertz CT molecular complexity index is 863. The quantitative estimate of drug-likeness (QED) is 0.752. The third-order valence-corrected chi connectivity index (χ3v) is 4.24. The minimum Gasteiger partial charge on any atom is -0.458 e. The molecule has 1 amide bonds. The lowest BCUT2D eigenvalue weighted by molar-refractivity contribution is -0.130. The van der Waals surface area contributed by atoms with E-state index in [9.17, 15) is 14.4 Å². The minimum atomic E-state index is -0.518. The van der Waals surface area contributed by atoms with E-state index in [4.69, 9.17) is 4.74 Å². The van der Waals surface area contributed by atoms with Crippen LogP contribution in [0.1, 0.15) is 12.8 Å². The molecule has 132 valence electrons. The molecule has 2 aromatic heterocycles. The zero-order valence-corrected chi connectivity index (χ0v) is 14.8. The number of carbonyl (C=O) groups excluding carboxylic acids is 1. The van der Waals surface area contributed by atoms with Crippen LogP contribution < -0.4 is 16.0 Å². The van der Waals surface area contributed by atoms with Gasteiger partial charge in [0.05, 0.1) is 11.0 Å². The van der Waals surface area contributed by atoms with Crippen molar-refractivity contribution < 1.29 is 9.53 Å². The summed E-state index contributed by atoms with van der Waals surface area (Å²) in [5, 5.41) is 0. The van der Waals surface area contributed by atoms with Crippen molar-refractivity contribution in [3.05, 3.63) is 50.0 Å². The maximum Gasteiger partial charge on any atom is 0.328 e. The summed E-state index contributed by atoms with van der Waals surface area (Å²) >= 11 is 3.26. The van der Waals surface area contributed by atoms with E-state index in [0.29, 0.717) is 19.5 Å². The van der Waals surface area contributed by atoms with Crippen molar-refractivity contribution in [2.75, 3.05) is 13.1 Å². The van der Waals surface area contributed by atoms with Gasteiger partial charge in [0.25, 0.3) is 5.56 Å². The van der Waals surface area contributed by atoms with Gasteiger partial charge in [-0.25, -0.2) is 14.8 Å². The van der Waals surface area contributed by atoms with E-state index < -0.39 is 11.2 Å². The van der Waals surface area contributed by atoms with Crippen molar-refractivity contribution in [3.63, 3.8) is 0 Å². The molecule has 1 fully saturated rings. The van der Waals surface area contributed by atoms with E-state index in [1.165, 1.54) is 16.8 Å². The SMILES string of the molecule is O=C(CCn1ccc(=O)[nH]c1=O)N1CCC(Oc2ncc(Br)cn2)C1. The highest BCUT2D eigenvalue weighted by atomic mass is 79.9. The van der Waals surface area contributed by atoms with Crippen LogP contribution >= 0.6 is 15.9 Å². The molecule has 3 rings (SSSR count). The number of aromatic amines is 1. The normalized spacial score (nSPS) is 16.8. The Labute approximate surface area is 150 Å². The summed E-state index contributed by atoms with van der Waals surface area (Å²) in [6.07, 6.45) is 5.30. The van der Waals surface area contributed by atoms with E-state index in [1.54, 1.807) is 17.3 Å². The molecule has 0 saturated carbocycles. The zero-order valence-electron chi connectivity index (χ0n) is 13.2. The van der Waals surface area contributed by atoms with Crippen LogP contribution in [0.2, 0.25) is 0 Å². The minimum absolute atomic E-state index is 0.0686. The van der Waals surface area contributed by atoms with Gasteiger partial charge in [-0.05, 0) is 15.9 Å². The molecule has 1 aliphatic heterocycles. The molecule has 0 aliphatic carbocycles. The Morgan fingerprint density at radius 1 is 1.36 bits per heavy atom. The number of hydrogen-bond donors (Lipinski definition) is 1. The molecular formula is C15H16BrN5O4. The van der Waals surface area contributed by atoms with Crippen LogP contribution in [0, 0.1) is 0 Å². The van der Waals surface area contributed by atoms with Gasteiger partial charge in [0.2, 0.25) is 5.91 Å². The topological polar surface area (TPSA) is 110 Å². The fraction of sp³-hybridized carbons (Fsp3) is 0.400. The van der Waals surface area contributed by atoms with Gasteiger partial charge < -0.3 is 14.2 Å². The first-order valence-corrected chi connectivity index (χ1v) is 8.52. The molecule has 0 bridgehead atoms. The van der Waals surface area contributed by atoms with E-state index in [0.717, 1.165) is 4.47 Å². The molecular weight excluding hydrogens is 394 g/mol. The predicted molar refractivity (Wildman–Crippen MR) is 91.3 cm³/mol. The number of nitrogens with zero attached hydrogens (tertiary/aromatic N) is 4. The van der Waals surface area contributed by atoms with Crippen LogP contribution in [0.3, 0.4) is 0 Å². The van der Waals surface area contributed by atoms with Crippen molar-refractivity contribution in [2.24, 2.45) is 0 Å². The number of halogens is 1. The van der Waals surface area contributed by atoms with Crippen LogP contribution in [0.4, 0.5) is 0 Å². The Morgan fingerprint density at radius 3 is 2.84 bits per heavy atom. The first-order chi connectivity index (χ1) is 12.0. The third-order valence-electron chi connectivity index (χ3n) is 3.83. The number of aryl methyl sites for hydroxylation is 1. The highest BCUT2D eigenvalue weighted by Crippen LogP contribution is 2.16. The second-order valence-electron chi connectivity index (χ2n) is 5.61. The van der Waals surface area contributed by atoms with Crippen molar-refractivity contribution in [1.82, 2.24) is 24.4 Å². The second kappa shape index (κ2) is 7.60. The first-order valence-electron chi connectivity index (χ1n) is 7.73. The summed E-state index contributed by atoms with van der Waals surface area (Å²) in [6, 6.07) is 1.53. The molecule has 2 aromatic rings. The van der Waals surface area contributed by atoms with Gasteiger partial charge in [-0.3, -0.25) is 14.6 Å². The fourth-order valence-electron chi connectivity index (χ4n) is 2.56. The van der Waals surface area contributed by atoms with Crippen molar-refractivity contribution in [1.29, 1.82) is 0 Å². The molecule has 1 saturated heterocycles. The van der Waals surface area contributed by atoms with Gasteiger partial charge in [0.1, 0.15) is 6.10 Å². The standard InChI is InChI=1S/C15H16BrN5O4/c16-10-7-17-14(18-8-10)25-11-1-4-21(9-11)13(23)3-6-20-5-2-12(22)19-15(20)24/h2,5,7-8,11H,1,3-4,6,9H2,(H,19,22,24). The summed E-state index contributed by atoms with van der Waals surface area (Å²) in [4.78, 5) is 46.9. The Morgan fingerprint density at radius 2 is 2.12 bits per heavy atom. The van der Waals surface area contributed by atoms with Crippen molar-refractivity contribution in [3.8, 4) is 6.01 Å². The lowest BCUT2D eigenvalue weighted by Crippen LogP contribution is -2.34. The van der Waals surface area contributed by atoms with E-state index in [-0.39, 0.29) is 31.0 Å². The Kier molecular flexibility index (Phi) is 5.27. The second-order valence-corrected chi connectivity index (χ2v) is 6.52. The molecule has 1 unspecified atom stereocenters. The van der Waals surface area contributed by atoms with Gasteiger partial charge in [0, 0.05) is 50.6 Å². The molecule has 1 aliphatic rings. The van der Waals surface area contributed by atoms with Gasteiger partial charge in [-0.1, -0.05) is 0 Å². The highest BCUT2D eigenvalue weighted by molar-refractivity contribution is 9.10. The molecule has 0 radical (unpaired) electrons. The number of ether oxygens (including phenoxy) is 1. The number of carbonyl (C=O) groups is 1. The number of aromatic nitrogens is 4. The average molecular weight is 410 g/mol. The monoisotopic (exact) mass is 409 g/mol. The number of likely N-dealkylation sites (tertiary alicyclic amines) is 1. The molecule has 3 heterocycles. The summed E-state index contributed by atoms with van der Waals surface area (Å²) in [7, 11) is 0. The van der Waals surface area contributed by atoms with Gasteiger partial charge in [-0.15, -0.1) is 0 Å². The van der Waals surface area contributed by atoms with Crippen LogP contribution in [0.5, 0.6) is 6.01 Å². The maximum absolute atomic E-state index is 12.3. The number of rotatable bonds is 5. The molecule has 0 spiro atoms. The lowest BCUT2D eigenvalue weighted by Gasteiger charge is -2.17. The van der Waals surface area contributed by atoms with E-state index >= 15 is 0 Å². The Hall–Kier alpha value is -2.49. The fourth-order valence-corrected chi connectivity index (χ4v) is 2.76. The molecule has 1 atom stereocenters. The van der Waals surface area contributed by atoms with Gasteiger partial charge in [-0.2, -0.15) is 0 Å². The van der Waals surface area contributed by atoms with Crippen LogP contribution in [-0.2, 0) is 11.3 Å². The van der Waals surface area contributed by atoms with Crippen molar-refractivity contribution in [2.45, 2.75) is 25.5 Å². The first kappa shape index (κ1) is 17.3. The number of H-pyrrole nitrogens is 1.